The molecule has 0 aliphatic heterocycles. The Hall–Kier alpha value is -1.37. The molecule has 0 radical (unpaired) electrons. The molecule has 0 N–H and O–H groups in total. The van der Waals surface area contributed by atoms with Gasteiger partial charge in [-0.15, -0.1) is 0 Å². The van der Waals surface area contributed by atoms with Crippen molar-refractivity contribution in [1.29, 1.82) is 0 Å². The standard InChI is InChI=1S/C9H16O6Si/c1-6(10)13-16(14-7(2)11)15-8(12)9(3,4)5/h16H,1-5H3. The average Bonchev–Trinajstić information content (AvgIpc) is 1.98. The van der Waals surface area contributed by atoms with Gasteiger partial charge in [-0.2, -0.15) is 0 Å². The summed E-state index contributed by atoms with van der Waals surface area (Å²) in [6, 6.07) is 0. The van der Waals surface area contributed by atoms with Crippen LogP contribution in [0.25, 0.3) is 0 Å². The van der Waals surface area contributed by atoms with E-state index in [0.717, 1.165) is 13.8 Å². The second kappa shape index (κ2) is 5.64. The van der Waals surface area contributed by atoms with E-state index >= 15 is 0 Å². The molecule has 92 valence electrons. The Bertz CT molecular complexity index is 277. The largest absolute Gasteiger partial charge is 0.689 e. The molecule has 0 bridgehead atoms. The first-order valence-corrected chi connectivity index (χ1v) is 6.10. The first kappa shape index (κ1) is 14.6. The molecule has 0 amide bonds. The summed E-state index contributed by atoms with van der Waals surface area (Å²) < 4.78 is 14.1. The van der Waals surface area contributed by atoms with Crippen LogP contribution < -0.4 is 0 Å². The number of hydrogen-bond donors (Lipinski definition) is 0. The van der Waals surface area contributed by atoms with E-state index in [1.807, 2.05) is 0 Å². The lowest BCUT2D eigenvalue weighted by Gasteiger charge is -2.20. The fourth-order valence-corrected chi connectivity index (χ4v) is 1.82. The minimum Gasteiger partial charge on any atom is -0.458 e. The molecule has 0 aromatic carbocycles. The molecule has 0 spiro atoms. The highest BCUT2D eigenvalue weighted by atomic mass is 28.3. The van der Waals surface area contributed by atoms with Gasteiger partial charge in [0, 0.05) is 13.8 Å². The van der Waals surface area contributed by atoms with Crippen LogP contribution in [0.3, 0.4) is 0 Å². The van der Waals surface area contributed by atoms with Crippen molar-refractivity contribution in [1.82, 2.24) is 0 Å². The maximum atomic E-state index is 11.5. The van der Waals surface area contributed by atoms with Gasteiger partial charge in [0.1, 0.15) is 0 Å². The van der Waals surface area contributed by atoms with E-state index in [0.29, 0.717) is 0 Å². The molecule has 0 unspecified atom stereocenters. The Morgan fingerprint density at radius 1 is 0.875 bits per heavy atom. The maximum Gasteiger partial charge on any atom is 0.689 e. The summed E-state index contributed by atoms with van der Waals surface area (Å²) in [6.07, 6.45) is 0. The molecular formula is C9H16O6Si. The molecule has 0 rings (SSSR count). The highest BCUT2D eigenvalue weighted by molar-refractivity contribution is 6.44. The van der Waals surface area contributed by atoms with Crippen molar-refractivity contribution < 1.29 is 27.7 Å². The monoisotopic (exact) mass is 248 g/mol. The predicted octanol–water partition coefficient (Wildman–Crippen LogP) is 0.419. The summed E-state index contributed by atoms with van der Waals surface area (Å²) in [7, 11) is -3.06. The van der Waals surface area contributed by atoms with Crippen LogP contribution >= 0.6 is 0 Å². The maximum absolute atomic E-state index is 11.5. The summed E-state index contributed by atoms with van der Waals surface area (Å²) in [5.74, 6) is -1.88. The smallest absolute Gasteiger partial charge is 0.458 e. The van der Waals surface area contributed by atoms with Crippen molar-refractivity contribution in [2.24, 2.45) is 5.41 Å². The molecule has 7 heteroatoms. The fraction of sp³-hybridized carbons (Fsp3) is 0.667. The lowest BCUT2D eigenvalue weighted by Crippen LogP contribution is -2.37. The number of rotatable bonds is 3. The molecule has 6 nitrogen and oxygen atoms in total. The molecule has 0 aromatic rings. The highest BCUT2D eigenvalue weighted by Crippen LogP contribution is 2.16. The van der Waals surface area contributed by atoms with Crippen molar-refractivity contribution in [3.63, 3.8) is 0 Å². The molecule has 0 aliphatic rings. The summed E-state index contributed by atoms with van der Waals surface area (Å²) >= 11 is 0. The minimum atomic E-state index is -3.06. The number of carbonyl (C=O) groups is 3. The SMILES string of the molecule is CC(=O)O[SiH](OC(C)=O)OC(=O)C(C)(C)C. The van der Waals surface area contributed by atoms with Crippen LogP contribution in [-0.2, 0) is 27.7 Å². The lowest BCUT2D eigenvalue weighted by atomic mass is 9.98. The van der Waals surface area contributed by atoms with E-state index in [4.69, 9.17) is 4.43 Å². The zero-order valence-electron chi connectivity index (χ0n) is 10.0. The zero-order chi connectivity index (χ0) is 12.9. The second-order valence-corrected chi connectivity index (χ2v) is 5.45. The molecular weight excluding hydrogens is 232 g/mol. The Kier molecular flexibility index (Phi) is 5.16. The zero-order valence-corrected chi connectivity index (χ0v) is 11.2. The van der Waals surface area contributed by atoms with Gasteiger partial charge in [0.2, 0.25) is 0 Å². The van der Waals surface area contributed by atoms with Crippen LogP contribution in [0.5, 0.6) is 0 Å². The third kappa shape index (κ3) is 6.17. The minimum absolute atomic E-state index is 0.577. The number of carbonyl (C=O) groups excluding carboxylic acids is 3. The molecule has 0 saturated carbocycles. The van der Waals surface area contributed by atoms with E-state index in [2.05, 4.69) is 8.85 Å². The third-order valence-electron chi connectivity index (χ3n) is 1.34. The normalized spacial score (nSPS) is 10.9. The summed E-state index contributed by atoms with van der Waals surface area (Å²) in [5, 5.41) is 0. The van der Waals surface area contributed by atoms with Crippen molar-refractivity contribution in [2.75, 3.05) is 0 Å². The molecule has 0 fully saturated rings. The van der Waals surface area contributed by atoms with Crippen molar-refractivity contribution in [3.8, 4) is 0 Å². The van der Waals surface area contributed by atoms with Gasteiger partial charge in [0.25, 0.3) is 11.9 Å². The van der Waals surface area contributed by atoms with Crippen LogP contribution in [0.1, 0.15) is 34.6 Å². The summed E-state index contributed by atoms with van der Waals surface area (Å²) in [5.41, 5.74) is -0.744. The van der Waals surface area contributed by atoms with Gasteiger partial charge in [-0.1, -0.05) is 0 Å². The Balaban J connectivity index is 4.48. The van der Waals surface area contributed by atoms with E-state index in [9.17, 15) is 14.4 Å². The average molecular weight is 248 g/mol. The Morgan fingerprint density at radius 2 is 1.25 bits per heavy atom. The fourth-order valence-electron chi connectivity index (χ4n) is 0.607. The topological polar surface area (TPSA) is 78.9 Å². The van der Waals surface area contributed by atoms with Crippen molar-refractivity contribution in [3.05, 3.63) is 0 Å². The van der Waals surface area contributed by atoms with E-state index in [1.165, 1.54) is 0 Å². The summed E-state index contributed by atoms with van der Waals surface area (Å²) in [6.45, 7) is 7.22. The highest BCUT2D eigenvalue weighted by Gasteiger charge is 2.32. The van der Waals surface area contributed by atoms with Gasteiger partial charge in [0.15, 0.2) is 0 Å². The summed E-state index contributed by atoms with van der Waals surface area (Å²) in [4.78, 5) is 32.9. The van der Waals surface area contributed by atoms with Gasteiger partial charge < -0.3 is 13.3 Å². The van der Waals surface area contributed by atoms with Gasteiger partial charge in [-0.3, -0.25) is 14.4 Å². The lowest BCUT2D eigenvalue weighted by molar-refractivity contribution is -0.151. The Morgan fingerprint density at radius 3 is 1.50 bits per heavy atom. The first-order chi connectivity index (χ1) is 7.12. The van der Waals surface area contributed by atoms with Crippen molar-refractivity contribution in [2.45, 2.75) is 34.6 Å². The molecule has 0 aliphatic carbocycles. The molecule has 16 heavy (non-hydrogen) atoms. The van der Waals surface area contributed by atoms with E-state index in [-0.39, 0.29) is 0 Å². The molecule has 0 aromatic heterocycles. The molecule has 0 saturated heterocycles. The molecule has 0 heterocycles. The van der Waals surface area contributed by atoms with Crippen molar-refractivity contribution >= 4 is 27.4 Å². The first-order valence-electron chi connectivity index (χ1n) is 4.68. The van der Waals surface area contributed by atoms with Gasteiger partial charge in [0.05, 0.1) is 5.41 Å². The quantitative estimate of drug-likeness (QED) is 0.673. The van der Waals surface area contributed by atoms with Gasteiger partial charge >= 0.3 is 15.5 Å². The van der Waals surface area contributed by atoms with Crippen LogP contribution in [0.2, 0.25) is 0 Å². The van der Waals surface area contributed by atoms with Gasteiger partial charge in [-0.25, -0.2) is 0 Å². The number of hydrogen-bond acceptors (Lipinski definition) is 6. The molecule has 0 atom stereocenters. The third-order valence-corrected chi connectivity index (χ3v) is 2.80. The van der Waals surface area contributed by atoms with Gasteiger partial charge in [-0.05, 0) is 20.8 Å². The van der Waals surface area contributed by atoms with Crippen LogP contribution in [0.4, 0.5) is 0 Å². The van der Waals surface area contributed by atoms with E-state index in [1.54, 1.807) is 20.8 Å². The van der Waals surface area contributed by atoms with Crippen LogP contribution in [0.15, 0.2) is 0 Å². The predicted molar refractivity (Wildman–Crippen MR) is 56.2 cm³/mol. The Labute approximate surface area is 95.8 Å². The van der Waals surface area contributed by atoms with Crippen LogP contribution in [-0.4, -0.2) is 27.4 Å². The van der Waals surface area contributed by atoms with E-state index < -0.39 is 32.9 Å². The second-order valence-electron chi connectivity index (χ2n) is 4.16. The van der Waals surface area contributed by atoms with Crippen LogP contribution in [0, 0.1) is 5.41 Å².